The van der Waals surface area contributed by atoms with Gasteiger partial charge in [-0.1, -0.05) is 133 Å². The monoisotopic (exact) mass is 650 g/mol. The molecule has 8 aromatic carbocycles. The lowest BCUT2D eigenvalue weighted by molar-refractivity contribution is 1.18. The van der Waals surface area contributed by atoms with Crippen molar-refractivity contribution in [3.8, 4) is 44.8 Å². The largest absolute Gasteiger partial charge is 0.309 e. The minimum Gasteiger partial charge on any atom is -0.309 e. The highest BCUT2D eigenvalue weighted by molar-refractivity contribution is 6.13. The van der Waals surface area contributed by atoms with E-state index in [1.165, 1.54) is 82.6 Å². The molecule has 0 radical (unpaired) electrons. The maximum Gasteiger partial charge on any atom is 0.0547 e. The van der Waals surface area contributed by atoms with E-state index in [0.717, 1.165) is 11.4 Å². The van der Waals surface area contributed by atoms with Crippen LogP contribution in [0.15, 0.2) is 188 Å². The molecule has 0 aliphatic rings. The minimum atomic E-state index is 1.16. The van der Waals surface area contributed by atoms with Gasteiger partial charge in [-0.25, -0.2) is 0 Å². The fraction of sp³-hybridized carbons (Fsp3) is 0.0204. The van der Waals surface area contributed by atoms with Crippen LogP contribution in [0.5, 0.6) is 0 Å². The molecule has 0 atom stereocenters. The van der Waals surface area contributed by atoms with E-state index in [-0.39, 0.29) is 0 Å². The summed E-state index contributed by atoms with van der Waals surface area (Å²) in [5.74, 6) is 0. The van der Waals surface area contributed by atoms with E-state index < -0.39 is 0 Å². The predicted molar refractivity (Wildman–Crippen MR) is 216 cm³/mol. The first-order valence-electron chi connectivity index (χ1n) is 17.6. The smallest absolute Gasteiger partial charge is 0.0547 e. The molecule has 2 heterocycles. The summed E-state index contributed by atoms with van der Waals surface area (Å²) in [4.78, 5) is 0. The van der Waals surface area contributed by atoms with Crippen molar-refractivity contribution in [2.24, 2.45) is 0 Å². The van der Waals surface area contributed by atoms with Gasteiger partial charge in [0, 0.05) is 32.9 Å². The molecule has 0 N–H and O–H groups in total. The summed E-state index contributed by atoms with van der Waals surface area (Å²) in [6, 6.07) is 68.6. The Morgan fingerprint density at radius 1 is 0.275 bits per heavy atom. The first-order chi connectivity index (χ1) is 25.2. The van der Waals surface area contributed by atoms with Gasteiger partial charge in [0.2, 0.25) is 0 Å². The maximum absolute atomic E-state index is 2.40. The molecule has 0 amide bonds. The van der Waals surface area contributed by atoms with Crippen molar-refractivity contribution < 1.29 is 0 Å². The molecule has 10 aromatic rings. The van der Waals surface area contributed by atoms with Gasteiger partial charge in [-0.15, -0.1) is 0 Å². The van der Waals surface area contributed by atoms with Gasteiger partial charge >= 0.3 is 0 Å². The van der Waals surface area contributed by atoms with Crippen molar-refractivity contribution in [1.82, 2.24) is 9.13 Å². The van der Waals surface area contributed by atoms with Crippen LogP contribution in [0, 0.1) is 6.92 Å². The van der Waals surface area contributed by atoms with E-state index in [4.69, 9.17) is 0 Å². The quantitative estimate of drug-likeness (QED) is 0.175. The van der Waals surface area contributed by atoms with E-state index in [1.54, 1.807) is 0 Å². The summed E-state index contributed by atoms with van der Waals surface area (Å²) in [5, 5.41) is 5.02. The van der Waals surface area contributed by atoms with Gasteiger partial charge in [-0.05, 0) is 101 Å². The number of hydrogen-bond acceptors (Lipinski definition) is 0. The van der Waals surface area contributed by atoms with Crippen LogP contribution in [0.25, 0.3) is 88.4 Å². The molecule has 0 bridgehead atoms. The van der Waals surface area contributed by atoms with Crippen LogP contribution >= 0.6 is 0 Å². The normalized spacial score (nSPS) is 11.6. The van der Waals surface area contributed by atoms with Crippen LogP contribution in [-0.2, 0) is 0 Å². The number of benzene rings is 8. The summed E-state index contributed by atoms with van der Waals surface area (Å²) < 4.78 is 4.80. The van der Waals surface area contributed by atoms with Crippen LogP contribution in [0.4, 0.5) is 0 Å². The molecule has 2 heteroatoms. The Morgan fingerprint density at radius 2 is 0.706 bits per heavy atom. The topological polar surface area (TPSA) is 9.86 Å². The second-order valence-electron chi connectivity index (χ2n) is 13.5. The van der Waals surface area contributed by atoms with Crippen molar-refractivity contribution >= 4 is 43.6 Å². The molecular formula is C49H34N2. The van der Waals surface area contributed by atoms with E-state index in [9.17, 15) is 0 Å². The lowest BCUT2D eigenvalue weighted by Gasteiger charge is -2.10. The van der Waals surface area contributed by atoms with E-state index in [0.29, 0.717) is 0 Å². The van der Waals surface area contributed by atoms with Crippen LogP contribution in [-0.4, -0.2) is 9.13 Å². The second-order valence-corrected chi connectivity index (χ2v) is 13.5. The van der Waals surface area contributed by atoms with E-state index in [1.807, 2.05) is 0 Å². The second kappa shape index (κ2) is 11.8. The van der Waals surface area contributed by atoms with E-state index >= 15 is 0 Å². The van der Waals surface area contributed by atoms with Gasteiger partial charge in [-0.3, -0.25) is 0 Å². The third kappa shape index (κ3) is 4.87. The molecule has 2 nitrogen and oxygen atoms in total. The lowest BCUT2D eigenvalue weighted by Crippen LogP contribution is -1.94. The zero-order valence-corrected chi connectivity index (χ0v) is 28.3. The highest BCUT2D eigenvalue weighted by Crippen LogP contribution is 2.39. The van der Waals surface area contributed by atoms with Crippen molar-refractivity contribution in [2.75, 3.05) is 0 Å². The number of para-hydroxylation sites is 2. The molecule has 51 heavy (non-hydrogen) atoms. The third-order valence-electron chi connectivity index (χ3n) is 10.4. The fourth-order valence-corrected chi connectivity index (χ4v) is 7.85. The summed E-state index contributed by atoms with van der Waals surface area (Å²) in [6.45, 7) is 2.13. The molecule has 2 aromatic heterocycles. The Hall–Kier alpha value is -6.64. The van der Waals surface area contributed by atoms with Crippen molar-refractivity contribution in [3.63, 3.8) is 0 Å². The van der Waals surface area contributed by atoms with Gasteiger partial charge in [0.15, 0.2) is 0 Å². The molecule has 0 fully saturated rings. The highest BCUT2D eigenvalue weighted by Gasteiger charge is 2.17. The first-order valence-corrected chi connectivity index (χ1v) is 17.6. The average molecular weight is 651 g/mol. The van der Waals surface area contributed by atoms with Gasteiger partial charge < -0.3 is 9.13 Å². The predicted octanol–water partition coefficient (Wildman–Crippen LogP) is 13.2. The van der Waals surface area contributed by atoms with Crippen molar-refractivity contribution in [3.05, 3.63) is 194 Å². The number of fused-ring (bicyclic) bond motifs is 6. The molecule has 240 valence electrons. The van der Waals surface area contributed by atoms with Gasteiger partial charge in [0.25, 0.3) is 0 Å². The zero-order chi connectivity index (χ0) is 33.9. The minimum absolute atomic E-state index is 1.16. The fourth-order valence-electron chi connectivity index (χ4n) is 7.85. The highest BCUT2D eigenvalue weighted by atomic mass is 15.0. The summed E-state index contributed by atoms with van der Waals surface area (Å²) in [5.41, 5.74) is 15.8. The standard InChI is InChI=1S/C49H34N2/c1-33-16-18-35(19-17-33)36-20-25-41(26-21-36)50-46-15-9-8-14-42(46)44-30-37(23-28-47(44)50)38-24-29-48-45(31-38)43-27-22-39(34-10-4-2-5-11-34)32-49(43)51(48)40-12-6-3-7-13-40/h2-32H,1H3. The van der Waals surface area contributed by atoms with Crippen LogP contribution < -0.4 is 0 Å². The zero-order valence-electron chi connectivity index (χ0n) is 28.3. The molecule has 10 rings (SSSR count). The van der Waals surface area contributed by atoms with Gasteiger partial charge in [-0.2, -0.15) is 0 Å². The first kappa shape index (κ1) is 29.3. The van der Waals surface area contributed by atoms with Crippen molar-refractivity contribution in [1.29, 1.82) is 0 Å². The molecular weight excluding hydrogens is 617 g/mol. The molecule has 0 spiro atoms. The summed E-state index contributed by atoms with van der Waals surface area (Å²) >= 11 is 0. The molecule has 0 unspecified atom stereocenters. The summed E-state index contributed by atoms with van der Waals surface area (Å²) in [7, 11) is 0. The Morgan fingerprint density at radius 3 is 1.37 bits per heavy atom. The van der Waals surface area contributed by atoms with Gasteiger partial charge in [0.05, 0.1) is 22.1 Å². The third-order valence-corrected chi connectivity index (χ3v) is 10.4. The number of nitrogens with zero attached hydrogens (tertiary/aromatic N) is 2. The molecule has 0 saturated carbocycles. The number of aromatic nitrogens is 2. The SMILES string of the molecule is Cc1ccc(-c2ccc(-n3c4ccccc4c4cc(-c5ccc6c(c5)c5ccc(-c7ccccc7)cc5n6-c5ccccc5)ccc43)cc2)cc1. The number of hydrogen-bond donors (Lipinski definition) is 0. The van der Waals surface area contributed by atoms with Crippen LogP contribution in [0.1, 0.15) is 5.56 Å². The van der Waals surface area contributed by atoms with E-state index in [2.05, 4.69) is 204 Å². The number of rotatable bonds is 5. The van der Waals surface area contributed by atoms with Crippen molar-refractivity contribution in [2.45, 2.75) is 6.92 Å². The molecule has 0 aliphatic heterocycles. The summed E-state index contributed by atoms with van der Waals surface area (Å²) in [6.07, 6.45) is 0. The van der Waals surface area contributed by atoms with Crippen LogP contribution in [0.3, 0.4) is 0 Å². The Labute approximate surface area is 297 Å². The average Bonchev–Trinajstić information content (AvgIpc) is 3.70. The maximum atomic E-state index is 2.40. The molecule has 0 aliphatic carbocycles. The molecule has 0 saturated heterocycles. The Bertz CT molecular complexity index is 2870. The Kier molecular flexibility index (Phi) is 6.75. The lowest BCUT2D eigenvalue weighted by atomic mass is 9.99. The number of aryl methyl sites for hydroxylation is 1. The Balaban J connectivity index is 1.12. The van der Waals surface area contributed by atoms with Gasteiger partial charge in [0.1, 0.15) is 0 Å². The van der Waals surface area contributed by atoms with Crippen LogP contribution in [0.2, 0.25) is 0 Å².